The molecule has 1 N–H and O–H groups in total. The van der Waals surface area contributed by atoms with E-state index in [1.165, 1.54) is 24.0 Å². The Balaban J connectivity index is 1.71. The summed E-state index contributed by atoms with van der Waals surface area (Å²) in [4.78, 5) is 0. The zero-order valence-corrected chi connectivity index (χ0v) is 13.2. The van der Waals surface area contributed by atoms with Crippen molar-refractivity contribution in [2.75, 3.05) is 6.54 Å². The van der Waals surface area contributed by atoms with E-state index in [2.05, 4.69) is 62.3 Å². The van der Waals surface area contributed by atoms with Gasteiger partial charge >= 0.3 is 0 Å². The largest absolute Gasteiger partial charge is 0.313 e. The predicted octanol–water partition coefficient (Wildman–Crippen LogP) is 4.59. The van der Waals surface area contributed by atoms with Gasteiger partial charge in [0, 0.05) is 23.0 Å². The summed E-state index contributed by atoms with van der Waals surface area (Å²) in [6.45, 7) is 1.09. The number of hydrogen-bond acceptors (Lipinski definition) is 2. The van der Waals surface area contributed by atoms with Crippen molar-refractivity contribution in [2.45, 2.75) is 31.2 Å². The van der Waals surface area contributed by atoms with Crippen molar-refractivity contribution in [3.63, 3.8) is 0 Å². The second-order valence-electron chi connectivity index (χ2n) is 5.27. The van der Waals surface area contributed by atoms with Crippen molar-refractivity contribution in [1.29, 1.82) is 0 Å². The Labute approximate surface area is 127 Å². The first-order chi connectivity index (χ1) is 9.31. The third-order valence-corrected chi connectivity index (χ3v) is 4.89. The van der Waals surface area contributed by atoms with E-state index < -0.39 is 0 Å². The zero-order valence-electron chi connectivity index (χ0n) is 10.8. The lowest BCUT2D eigenvalue weighted by molar-refractivity contribution is 0.577. The van der Waals surface area contributed by atoms with Crippen LogP contribution in [0.1, 0.15) is 29.9 Å². The molecule has 0 radical (unpaired) electrons. The van der Waals surface area contributed by atoms with Crippen molar-refractivity contribution >= 4 is 27.3 Å². The Morgan fingerprint density at radius 1 is 1.21 bits per heavy atom. The Bertz CT molecular complexity index is 502. The van der Waals surface area contributed by atoms with Crippen LogP contribution in [0.15, 0.2) is 45.6 Å². The molecule has 1 heterocycles. The van der Waals surface area contributed by atoms with Gasteiger partial charge in [-0.3, -0.25) is 0 Å². The van der Waals surface area contributed by atoms with Gasteiger partial charge in [-0.15, -0.1) is 0 Å². The van der Waals surface area contributed by atoms with E-state index in [0.29, 0.717) is 5.92 Å². The van der Waals surface area contributed by atoms with Gasteiger partial charge in [0.1, 0.15) is 0 Å². The summed E-state index contributed by atoms with van der Waals surface area (Å²) in [5.41, 5.74) is 2.89. The minimum Gasteiger partial charge on any atom is -0.313 e. The molecule has 3 heteroatoms. The maximum Gasteiger partial charge on any atom is 0.0175 e. The van der Waals surface area contributed by atoms with Gasteiger partial charge in [-0.2, -0.15) is 11.3 Å². The summed E-state index contributed by atoms with van der Waals surface area (Å²) in [7, 11) is 0. The number of halogens is 1. The molecule has 1 aliphatic rings. The highest BCUT2D eigenvalue weighted by atomic mass is 79.9. The smallest absolute Gasteiger partial charge is 0.0175 e. The molecule has 1 saturated carbocycles. The molecule has 1 nitrogen and oxygen atoms in total. The lowest BCUT2D eigenvalue weighted by atomic mass is 9.93. The van der Waals surface area contributed by atoms with E-state index >= 15 is 0 Å². The average molecular weight is 336 g/mol. The summed E-state index contributed by atoms with van der Waals surface area (Å²) in [6, 6.07) is 11.8. The molecule has 0 amide bonds. The number of thiophene rings is 1. The minimum atomic E-state index is 0.572. The normalized spacial score (nSPS) is 16.5. The van der Waals surface area contributed by atoms with Crippen LogP contribution in [0.2, 0.25) is 0 Å². The molecule has 100 valence electrons. The quantitative estimate of drug-likeness (QED) is 0.814. The summed E-state index contributed by atoms with van der Waals surface area (Å²) >= 11 is 5.30. The van der Waals surface area contributed by atoms with Gasteiger partial charge in [0.25, 0.3) is 0 Å². The summed E-state index contributed by atoms with van der Waals surface area (Å²) < 4.78 is 1.15. The fraction of sp³-hybridized carbons (Fsp3) is 0.375. The van der Waals surface area contributed by atoms with Gasteiger partial charge < -0.3 is 5.32 Å². The van der Waals surface area contributed by atoms with Crippen molar-refractivity contribution in [2.24, 2.45) is 0 Å². The van der Waals surface area contributed by atoms with Gasteiger partial charge in [0.15, 0.2) is 0 Å². The maximum absolute atomic E-state index is 3.67. The predicted molar refractivity (Wildman–Crippen MR) is 85.9 cm³/mol. The Kier molecular flexibility index (Phi) is 4.36. The molecule has 1 aromatic heterocycles. The summed E-state index contributed by atoms with van der Waals surface area (Å²) in [6.07, 6.45) is 3.84. The highest BCUT2D eigenvalue weighted by molar-refractivity contribution is 9.10. The lowest BCUT2D eigenvalue weighted by Crippen LogP contribution is -2.24. The van der Waals surface area contributed by atoms with Crippen LogP contribution < -0.4 is 5.32 Å². The average Bonchev–Trinajstić information content (AvgIpc) is 3.11. The molecule has 0 bridgehead atoms. The van der Waals surface area contributed by atoms with E-state index in [1.54, 1.807) is 11.3 Å². The third-order valence-electron chi connectivity index (χ3n) is 3.63. The van der Waals surface area contributed by atoms with Crippen molar-refractivity contribution in [3.05, 3.63) is 56.7 Å². The first kappa shape index (κ1) is 13.3. The lowest BCUT2D eigenvalue weighted by Gasteiger charge is -2.18. The fourth-order valence-corrected chi connectivity index (χ4v) is 3.28. The molecule has 1 fully saturated rings. The Morgan fingerprint density at radius 3 is 2.63 bits per heavy atom. The number of nitrogens with one attached hydrogen (secondary N) is 1. The van der Waals surface area contributed by atoms with E-state index in [1.807, 2.05) is 0 Å². The molecule has 1 atom stereocenters. The van der Waals surface area contributed by atoms with Gasteiger partial charge in [-0.1, -0.05) is 28.1 Å². The van der Waals surface area contributed by atoms with Crippen LogP contribution in [0, 0.1) is 0 Å². The van der Waals surface area contributed by atoms with Crippen LogP contribution in [-0.2, 0) is 6.42 Å². The molecular weight excluding hydrogens is 318 g/mol. The summed E-state index contributed by atoms with van der Waals surface area (Å²) in [5.74, 6) is 0.572. The fourth-order valence-electron chi connectivity index (χ4n) is 2.33. The first-order valence-corrected chi connectivity index (χ1v) is 8.55. The van der Waals surface area contributed by atoms with Gasteiger partial charge in [0.2, 0.25) is 0 Å². The van der Waals surface area contributed by atoms with E-state index in [4.69, 9.17) is 0 Å². The third kappa shape index (κ3) is 3.91. The molecular formula is C16H18BrNS. The van der Waals surface area contributed by atoms with Crippen LogP contribution in [0.3, 0.4) is 0 Å². The second kappa shape index (κ2) is 6.21. The van der Waals surface area contributed by atoms with E-state index in [0.717, 1.165) is 23.5 Å². The van der Waals surface area contributed by atoms with E-state index in [9.17, 15) is 0 Å². The van der Waals surface area contributed by atoms with Crippen LogP contribution >= 0.6 is 27.3 Å². The molecule has 19 heavy (non-hydrogen) atoms. The topological polar surface area (TPSA) is 12.0 Å². The van der Waals surface area contributed by atoms with Crippen molar-refractivity contribution in [3.8, 4) is 0 Å². The van der Waals surface area contributed by atoms with Gasteiger partial charge in [-0.25, -0.2) is 0 Å². The molecule has 1 unspecified atom stereocenters. The van der Waals surface area contributed by atoms with Crippen LogP contribution in [0.5, 0.6) is 0 Å². The molecule has 1 aromatic carbocycles. The molecule has 1 aliphatic carbocycles. The van der Waals surface area contributed by atoms with E-state index in [-0.39, 0.29) is 0 Å². The maximum atomic E-state index is 3.67. The monoisotopic (exact) mass is 335 g/mol. The highest BCUT2D eigenvalue weighted by Gasteiger charge is 2.22. The molecule has 0 saturated heterocycles. The van der Waals surface area contributed by atoms with Crippen LogP contribution in [0.4, 0.5) is 0 Å². The van der Waals surface area contributed by atoms with Crippen molar-refractivity contribution < 1.29 is 0 Å². The van der Waals surface area contributed by atoms with Gasteiger partial charge in [0.05, 0.1) is 0 Å². The molecule has 0 aliphatic heterocycles. The first-order valence-electron chi connectivity index (χ1n) is 6.81. The van der Waals surface area contributed by atoms with Gasteiger partial charge in [-0.05, 0) is 59.3 Å². The Hall–Kier alpha value is -0.640. The van der Waals surface area contributed by atoms with Crippen LogP contribution in [-0.4, -0.2) is 12.6 Å². The number of rotatable bonds is 6. The zero-order chi connectivity index (χ0) is 13.1. The molecule has 0 spiro atoms. The number of benzene rings is 1. The highest BCUT2D eigenvalue weighted by Crippen LogP contribution is 2.25. The standard InChI is InChI=1S/C16H18BrNS/c17-15-3-1-13(2-4-15)14(10-18-16-5-6-16)9-12-7-8-19-11-12/h1-4,7-8,11,14,16,18H,5-6,9-10H2. The van der Waals surface area contributed by atoms with Crippen LogP contribution in [0.25, 0.3) is 0 Å². The summed E-state index contributed by atoms with van der Waals surface area (Å²) in [5, 5.41) is 8.11. The number of hydrogen-bond donors (Lipinski definition) is 1. The SMILES string of the molecule is Brc1ccc(C(CNC2CC2)Cc2ccsc2)cc1. The van der Waals surface area contributed by atoms with Crippen molar-refractivity contribution in [1.82, 2.24) is 5.32 Å². The second-order valence-corrected chi connectivity index (χ2v) is 6.96. The minimum absolute atomic E-state index is 0.572. The molecule has 2 aromatic rings. The molecule has 3 rings (SSSR count). The Morgan fingerprint density at radius 2 is 2.00 bits per heavy atom.